The van der Waals surface area contributed by atoms with E-state index in [4.69, 9.17) is 4.74 Å². The summed E-state index contributed by atoms with van der Waals surface area (Å²) in [7, 11) is 0. The fourth-order valence-corrected chi connectivity index (χ4v) is 5.95. The Hall–Kier alpha value is -2.86. The second-order valence-corrected chi connectivity index (χ2v) is 10.5. The molecule has 1 aliphatic heterocycles. The number of carbonyl (C=O) groups excluding carboxylic acids is 1. The van der Waals surface area contributed by atoms with E-state index in [1.54, 1.807) is 0 Å². The summed E-state index contributed by atoms with van der Waals surface area (Å²) in [5.74, 6) is -0.333. The summed E-state index contributed by atoms with van der Waals surface area (Å²) in [6, 6.07) is 16.9. The van der Waals surface area contributed by atoms with Crippen LogP contribution in [0.4, 0.5) is 4.79 Å². The summed E-state index contributed by atoms with van der Waals surface area (Å²) in [5, 5.41) is 13.0. The number of hydrogen-bond acceptors (Lipinski definition) is 4. The number of carbonyl (C=O) groups is 2. The van der Waals surface area contributed by atoms with Crippen LogP contribution in [0.25, 0.3) is 11.1 Å². The van der Waals surface area contributed by atoms with Crippen molar-refractivity contribution in [1.82, 2.24) is 10.2 Å². The standard InChI is InChI=1S/C28H34N2O4/c1-18(2)30-14-13-28(26(31)32,16-20(30)15-19-11-12-19)29-27(33)34-17-25-23-9-5-3-7-21(23)22-8-4-6-10-24(22)25/h3-10,18-20,25H,11-17H2,1-2H3,(H,29,33)(H,31,32). The lowest BCUT2D eigenvalue weighted by Crippen LogP contribution is -2.63. The van der Waals surface area contributed by atoms with Crippen LogP contribution in [0.3, 0.4) is 0 Å². The lowest BCUT2D eigenvalue weighted by molar-refractivity contribution is -0.148. The van der Waals surface area contributed by atoms with E-state index in [-0.39, 0.29) is 18.6 Å². The normalized spacial score (nSPS) is 24.5. The van der Waals surface area contributed by atoms with Crippen molar-refractivity contribution in [2.24, 2.45) is 5.92 Å². The van der Waals surface area contributed by atoms with Gasteiger partial charge in [0, 0.05) is 24.5 Å². The van der Waals surface area contributed by atoms with Crippen molar-refractivity contribution in [2.75, 3.05) is 13.2 Å². The molecule has 0 bridgehead atoms. The number of nitrogens with zero attached hydrogens (tertiary/aromatic N) is 1. The molecule has 0 spiro atoms. The first-order valence-electron chi connectivity index (χ1n) is 12.5. The molecule has 1 heterocycles. The number of ether oxygens (including phenoxy) is 1. The van der Waals surface area contributed by atoms with Crippen molar-refractivity contribution >= 4 is 12.1 Å². The Balaban J connectivity index is 1.29. The highest BCUT2D eigenvalue weighted by Crippen LogP contribution is 2.44. The number of carboxylic acids is 1. The minimum atomic E-state index is -1.28. The number of rotatable bonds is 7. The second kappa shape index (κ2) is 9.06. The minimum Gasteiger partial charge on any atom is -0.480 e. The Labute approximate surface area is 201 Å². The highest BCUT2D eigenvalue weighted by atomic mass is 16.5. The topological polar surface area (TPSA) is 78.9 Å². The molecule has 1 amide bonds. The highest BCUT2D eigenvalue weighted by Gasteiger charge is 2.48. The molecule has 2 atom stereocenters. The highest BCUT2D eigenvalue weighted by molar-refractivity contribution is 5.85. The fourth-order valence-electron chi connectivity index (χ4n) is 5.95. The molecule has 1 saturated heterocycles. The molecule has 3 aliphatic rings. The average molecular weight is 463 g/mol. The molecular formula is C28H34N2O4. The Morgan fingerprint density at radius 1 is 1.09 bits per heavy atom. The fraction of sp³-hybridized carbons (Fsp3) is 0.500. The van der Waals surface area contributed by atoms with Crippen LogP contribution in [0.15, 0.2) is 48.5 Å². The van der Waals surface area contributed by atoms with Gasteiger partial charge in [-0.2, -0.15) is 0 Å². The van der Waals surface area contributed by atoms with Gasteiger partial charge in [-0.25, -0.2) is 9.59 Å². The molecule has 6 nitrogen and oxygen atoms in total. The molecule has 1 saturated carbocycles. The molecule has 2 fully saturated rings. The molecule has 2 aliphatic carbocycles. The SMILES string of the molecule is CC(C)N1CCC(NC(=O)OCC2c3ccccc3-c3ccccc32)(C(=O)O)CC1CC1CC1. The van der Waals surface area contributed by atoms with Crippen LogP contribution in [0.5, 0.6) is 0 Å². The van der Waals surface area contributed by atoms with E-state index in [9.17, 15) is 14.7 Å². The first-order valence-corrected chi connectivity index (χ1v) is 12.5. The zero-order chi connectivity index (χ0) is 23.9. The monoisotopic (exact) mass is 462 g/mol. The zero-order valence-electron chi connectivity index (χ0n) is 20.0. The van der Waals surface area contributed by atoms with Crippen LogP contribution in [0.2, 0.25) is 0 Å². The van der Waals surface area contributed by atoms with E-state index >= 15 is 0 Å². The molecule has 0 aromatic heterocycles. The van der Waals surface area contributed by atoms with E-state index in [1.165, 1.54) is 12.8 Å². The summed E-state index contributed by atoms with van der Waals surface area (Å²) in [6.07, 6.45) is 3.60. The summed E-state index contributed by atoms with van der Waals surface area (Å²) >= 11 is 0. The molecule has 2 N–H and O–H groups in total. The molecule has 2 aromatic rings. The quantitative estimate of drug-likeness (QED) is 0.604. The van der Waals surface area contributed by atoms with Crippen LogP contribution in [0.1, 0.15) is 63.0 Å². The third-order valence-electron chi connectivity index (χ3n) is 7.91. The lowest BCUT2D eigenvalue weighted by Gasteiger charge is -2.46. The number of carboxylic acid groups (broad SMARTS) is 1. The molecule has 0 radical (unpaired) electrons. The maximum absolute atomic E-state index is 12.9. The molecule has 180 valence electrons. The van der Waals surface area contributed by atoms with Gasteiger partial charge in [-0.3, -0.25) is 4.90 Å². The summed E-state index contributed by atoms with van der Waals surface area (Å²) < 4.78 is 5.69. The van der Waals surface area contributed by atoms with E-state index < -0.39 is 17.6 Å². The second-order valence-electron chi connectivity index (χ2n) is 10.5. The van der Waals surface area contributed by atoms with Crippen LogP contribution in [-0.4, -0.2) is 52.8 Å². The number of aliphatic carboxylic acids is 1. The van der Waals surface area contributed by atoms with Crippen molar-refractivity contribution in [3.05, 3.63) is 59.7 Å². The van der Waals surface area contributed by atoms with E-state index in [0.29, 0.717) is 31.3 Å². The Morgan fingerprint density at radius 2 is 1.71 bits per heavy atom. The van der Waals surface area contributed by atoms with Gasteiger partial charge in [-0.15, -0.1) is 0 Å². The third kappa shape index (κ3) is 4.31. The predicted molar refractivity (Wildman–Crippen MR) is 131 cm³/mol. The van der Waals surface area contributed by atoms with Gasteiger partial charge in [0.2, 0.25) is 0 Å². The molecule has 34 heavy (non-hydrogen) atoms. The zero-order valence-corrected chi connectivity index (χ0v) is 20.0. The summed E-state index contributed by atoms with van der Waals surface area (Å²) in [4.78, 5) is 27.8. The number of hydrogen-bond donors (Lipinski definition) is 2. The Bertz CT molecular complexity index is 1030. The molecule has 5 rings (SSSR count). The number of amides is 1. The van der Waals surface area contributed by atoms with Gasteiger partial charge < -0.3 is 15.2 Å². The third-order valence-corrected chi connectivity index (χ3v) is 7.91. The van der Waals surface area contributed by atoms with Crippen molar-refractivity contribution in [3.63, 3.8) is 0 Å². The number of likely N-dealkylation sites (tertiary alicyclic amines) is 1. The molecule has 2 unspecified atom stereocenters. The molecule has 2 aromatic carbocycles. The van der Waals surface area contributed by atoms with Crippen LogP contribution < -0.4 is 5.32 Å². The van der Waals surface area contributed by atoms with Crippen LogP contribution in [-0.2, 0) is 9.53 Å². The number of alkyl carbamates (subject to hydrolysis) is 1. The molecule has 6 heteroatoms. The van der Waals surface area contributed by atoms with Crippen molar-refractivity contribution in [2.45, 2.75) is 69.5 Å². The predicted octanol–water partition coefficient (Wildman–Crippen LogP) is 5.02. The largest absolute Gasteiger partial charge is 0.480 e. The number of nitrogens with one attached hydrogen (secondary N) is 1. The van der Waals surface area contributed by atoms with Gasteiger partial charge in [-0.05, 0) is 61.3 Å². The van der Waals surface area contributed by atoms with Crippen molar-refractivity contribution < 1.29 is 19.4 Å². The first kappa shape index (κ1) is 22.9. The van der Waals surface area contributed by atoms with E-state index in [2.05, 4.69) is 48.3 Å². The molecular weight excluding hydrogens is 428 g/mol. The van der Waals surface area contributed by atoms with Gasteiger partial charge in [0.25, 0.3) is 0 Å². The Kier molecular flexibility index (Phi) is 6.11. The number of fused-ring (bicyclic) bond motifs is 3. The van der Waals surface area contributed by atoms with Crippen LogP contribution >= 0.6 is 0 Å². The smallest absolute Gasteiger partial charge is 0.408 e. The maximum atomic E-state index is 12.9. The van der Waals surface area contributed by atoms with E-state index in [1.807, 2.05) is 24.3 Å². The van der Waals surface area contributed by atoms with Gasteiger partial charge in [0.05, 0.1) is 0 Å². The van der Waals surface area contributed by atoms with Crippen LogP contribution in [0, 0.1) is 5.92 Å². The average Bonchev–Trinajstić information content (AvgIpc) is 3.58. The van der Waals surface area contributed by atoms with Gasteiger partial charge >= 0.3 is 12.1 Å². The van der Waals surface area contributed by atoms with Crippen molar-refractivity contribution in [3.8, 4) is 11.1 Å². The number of piperidine rings is 1. The van der Waals surface area contributed by atoms with E-state index in [0.717, 1.165) is 28.7 Å². The summed E-state index contributed by atoms with van der Waals surface area (Å²) in [6.45, 7) is 5.16. The lowest BCUT2D eigenvalue weighted by atomic mass is 9.80. The van der Waals surface area contributed by atoms with Gasteiger partial charge in [-0.1, -0.05) is 61.4 Å². The summed E-state index contributed by atoms with van der Waals surface area (Å²) in [5.41, 5.74) is 3.32. The number of benzene rings is 2. The maximum Gasteiger partial charge on any atom is 0.408 e. The minimum absolute atomic E-state index is 0.0515. The van der Waals surface area contributed by atoms with Gasteiger partial charge in [0.15, 0.2) is 0 Å². The first-order chi connectivity index (χ1) is 16.4. The van der Waals surface area contributed by atoms with Crippen molar-refractivity contribution in [1.29, 1.82) is 0 Å². The van der Waals surface area contributed by atoms with Gasteiger partial charge in [0.1, 0.15) is 12.1 Å². The Morgan fingerprint density at radius 3 is 2.26 bits per heavy atom.